The van der Waals surface area contributed by atoms with Crippen molar-refractivity contribution in [2.24, 2.45) is 0 Å². The summed E-state index contributed by atoms with van der Waals surface area (Å²) < 4.78 is 5.32. The van der Waals surface area contributed by atoms with Gasteiger partial charge in [0.05, 0.1) is 19.8 Å². The molecule has 0 spiro atoms. The van der Waals surface area contributed by atoms with E-state index in [1.54, 1.807) is 0 Å². The average molecular weight is 277 g/mol. The predicted molar refractivity (Wildman–Crippen MR) is 79.8 cm³/mol. The van der Waals surface area contributed by atoms with Crippen LogP contribution in [0, 0.1) is 0 Å². The second-order valence-electron chi connectivity index (χ2n) is 5.02. The summed E-state index contributed by atoms with van der Waals surface area (Å²) in [7, 11) is 0. The van der Waals surface area contributed by atoms with E-state index < -0.39 is 0 Å². The van der Waals surface area contributed by atoms with Gasteiger partial charge in [-0.25, -0.2) is 0 Å². The number of nitrogens with zero attached hydrogens (tertiary/aromatic N) is 1. The maximum atomic E-state index is 11.8. The zero-order valence-corrected chi connectivity index (χ0v) is 12.0. The first kappa shape index (κ1) is 14.8. The summed E-state index contributed by atoms with van der Waals surface area (Å²) in [4.78, 5) is 14.1. The maximum Gasteiger partial charge on any atom is 0.239 e. The van der Waals surface area contributed by atoms with Crippen LogP contribution in [0.3, 0.4) is 0 Å². The third-order valence-electron chi connectivity index (χ3n) is 3.49. The van der Waals surface area contributed by atoms with Crippen molar-refractivity contribution in [1.82, 2.24) is 10.2 Å². The molecule has 2 N–H and O–H groups in total. The van der Waals surface area contributed by atoms with Crippen molar-refractivity contribution >= 4 is 11.6 Å². The van der Waals surface area contributed by atoms with Crippen molar-refractivity contribution in [2.45, 2.75) is 13.0 Å². The number of morpholine rings is 1. The van der Waals surface area contributed by atoms with Crippen molar-refractivity contribution < 1.29 is 9.53 Å². The van der Waals surface area contributed by atoms with Crippen LogP contribution in [0.2, 0.25) is 0 Å². The van der Waals surface area contributed by atoms with E-state index in [0.717, 1.165) is 32.0 Å². The molecular formula is C15H23N3O2. The summed E-state index contributed by atoms with van der Waals surface area (Å²) in [5, 5.41) is 6.07. The first-order chi connectivity index (χ1) is 9.75. The normalized spacial score (nSPS) is 17.4. The smallest absolute Gasteiger partial charge is 0.239 e. The van der Waals surface area contributed by atoms with E-state index in [1.165, 1.54) is 0 Å². The van der Waals surface area contributed by atoms with Crippen LogP contribution in [0.25, 0.3) is 0 Å². The third kappa shape index (κ3) is 4.83. The molecule has 2 rings (SSSR count). The third-order valence-corrected chi connectivity index (χ3v) is 3.49. The molecule has 1 aromatic carbocycles. The van der Waals surface area contributed by atoms with Crippen LogP contribution < -0.4 is 10.6 Å². The van der Waals surface area contributed by atoms with E-state index in [9.17, 15) is 4.79 Å². The van der Waals surface area contributed by atoms with Gasteiger partial charge in [0.15, 0.2) is 0 Å². The van der Waals surface area contributed by atoms with E-state index in [4.69, 9.17) is 4.74 Å². The van der Waals surface area contributed by atoms with Crippen molar-refractivity contribution in [2.75, 3.05) is 44.7 Å². The van der Waals surface area contributed by atoms with Gasteiger partial charge in [-0.2, -0.15) is 0 Å². The Labute approximate surface area is 120 Å². The van der Waals surface area contributed by atoms with Gasteiger partial charge in [-0.1, -0.05) is 18.2 Å². The predicted octanol–water partition coefficient (Wildman–Crippen LogP) is 0.935. The van der Waals surface area contributed by atoms with Gasteiger partial charge in [0.1, 0.15) is 0 Å². The lowest BCUT2D eigenvalue weighted by molar-refractivity contribution is -0.119. The van der Waals surface area contributed by atoms with Gasteiger partial charge in [0.25, 0.3) is 0 Å². The molecule has 1 atom stereocenters. The number of para-hydroxylation sites is 1. The van der Waals surface area contributed by atoms with Gasteiger partial charge in [-0.15, -0.1) is 0 Å². The highest BCUT2D eigenvalue weighted by Crippen LogP contribution is 2.04. The highest BCUT2D eigenvalue weighted by Gasteiger charge is 2.17. The highest BCUT2D eigenvalue weighted by atomic mass is 16.5. The molecular weight excluding hydrogens is 254 g/mol. The molecule has 1 amide bonds. The van der Waals surface area contributed by atoms with E-state index in [-0.39, 0.29) is 5.91 Å². The monoisotopic (exact) mass is 277 g/mol. The SMILES string of the molecule is CC(CNC(=O)CNc1ccccc1)N1CCOCC1. The molecule has 1 unspecified atom stereocenters. The van der Waals surface area contributed by atoms with Crippen LogP contribution in [0.15, 0.2) is 30.3 Å². The zero-order chi connectivity index (χ0) is 14.2. The summed E-state index contributed by atoms with van der Waals surface area (Å²) in [6, 6.07) is 10.1. The quantitative estimate of drug-likeness (QED) is 0.812. The van der Waals surface area contributed by atoms with Crippen LogP contribution in [0.5, 0.6) is 0 Å². The molecule has 20 heavy (non-hydrogen) atoms. The number of hydrogen-bond donors (Lipinski definition) is 2. The lowest BCUT2D eigenvalue weighted by Crippen LogP contribution is -2.47. The second-order valence-corrected chi connectivity index (χ2v) is 5.02. The molecule has 1 fully saturated rings. The van der Waals surface area contributed by atoms with Crippen molar-refractivity contribution in [3.05, 3.63) is 30.3 Å². The van der Waals surface area contributed by atoms with Crippen LogP contribution in [0.1, 0.15) is 6.92 Å². The summed E-state index contributed by atoms with van der Waals surface area (Å²) >= 11 is 0. The number of hydrogen-bond acceptors (Lipinski definition) is 4. The van der Waals surface area contributed by atoms with Crippen molar-refractivity contribution in [3.63, 3.8) is 0 Å². The summed E-state index contributed by atoms with van der Waals surface area (Å²) in [6.07, 6.45) is 0. The van der Waals surface area contributed by atoms with Crippen LogP contribution in [-0.4, -0.2) is 56.2 Å². The number of amides is 1. The fraction of sp³-hybridized carbons (Fsp3) is 0.533. The minimum atomic E-state index is 0.0222. The molecule has 5 nitrogen and oxygen atoms in total. The molecule has 0 aliphatic carbocycles. The van der Waals surface area contributed by atoms with Crippen LogP contribution >= 0.6 is 0 Å². The van der Waals surface area contributed by atoms with E-state index in [1.807, 2.05) is 30.3 Å². The Bertz CT molecular complexity index is 405. The number of nitrogens with one attached hydrogen (secondary N) is 2. The number of rotatable bonds is 6. The molecule has 0 radical (unpaired) electrons. The molecule has 0 saturated carbocycles. The molecule has 0 bridgehead atoms. The molecule has 0 aromatic heterocycles. The Hall–Kier alpha value is -1.59. The van der Waals surface area contributed by atoms with Gasteiger partial charge < -0.3 is 15.4 Å². The number of carbonyl (C=O) groups excluding carboxylic acids is 1. The number of benzene rings is 1. The lowest BCUT2D eigenvalue weighted by Gasteiger charge is -2.32. The molecule has 1 saturated heterocycles. The van der Waals surface area contributed by atoms with Gasteiger partial charge in [-0.3, -0.25) is 9.69 Å². The van der Waals surface area contributed by atoms with Crippen LogP contribution in [-0.2, 0) is 9.53 Å². The first-order valence-electron chi connectivity index (χ1n) is 7.13. The van der Waals surface area contributed by atoms with Gasteiger partial charge >= 0.3 is 0 Å². The fourth-order valence-corrected chi connectivity index (χ4v) is 2.21. The Morgan fingerprint density at radius 2 is 2.00 bits per heavy atom. The number of carbonyl (C=O) groups is 1. The second kappa shape index (κ2) is 7.87. The Morgan fingerprint density at radius 1 is 1.30 bits per heavy atom. The molecule has 1 aliphatic rings. The summed E-state index contributed by atoms with van der Waals surface area (Å²) in [5.74, 6) is 0.0222. The highest BCUT2D eigenvalue weighted by molar-refractivity contribution is 5.80. The minimum Gasteiger partial charge on any atom is -0.379 e. The Balaban J connectivity index is 1.64. The number of ether oxygens (including phenoxy) is 1. The molecule has 1 aromatic rings. The maximum absolute atomic E-state index is 11.8. The molecule has 110 valence electrons. The lowest BCUT2D eigenvalue weighted by atomic mass is 10.2. The Morgan fingerprint density at radius 3 is 2.70 bits per heavy atom. The van der Waals surface area contributed by atoms with Gasteiger partial charge in [0, 0.05) is 31.4 Å². The minimum absolute atomic E-state index is 0.0222. The van der Waals surface area contributed by atoms with E-state index in [0.29, 0.717) is 19.1 Å². The molecule has 1 heterocycles. The first-order valence-corrected chi connectivity index (χ1v) is 7.13. The average Bonchev–Trinajstić information content (AvgIpc) is 2.52. The van der Waals surface area contributed by atoms with Crippen molar-refractivity contribution in [1.29, 1.82) is 0 Å². The molecule has 1 aliphatic heterocycles. The van der Waals surface area contributed by atoms with Crippen molar-refractivity contribution in [3.8, 4) is 0 Å². The largest absolute Gasteiger partial charge is 0.379 e. The zero-order valence-electron chi connectivity index (χ0n) is 12.0. The van der Waals surface area contributed by atoms with E-state index in [2.05, 4.69) is 22.5 Å². The van der Waals surface area contributed by atoms with E-state index >= 15 is 0 Å². The summed E-state index contributed by atoms with van der Waals surface area (Å²) in [5.41, 5.74) is 0.962. The standard InChI is InChI=1S/C15H23N3O2/c1-13(18-7-9-20-10-8-18)11-17-15(19)12-16-14-5-3-2-4-6-14/h2-6,13,16H,7-12H2,1H3,(H,17,19). The summed E-state index contributed by atoms with van der Waals surface area (Å²) in [6.45, 7) is 6.58. The van der Waals surface area contributed by atoms with Gasteiger partial charge in [-0.05, 0) is 19.1 Å². The van der Waals surface area contributed by atoms with Crippen LogP contribution in [0.4, 0.5) is 5.69 Å². The topological polar surface area (TPSA) is 53.6 Å². The number of anilines is 1. The fourth-order valence-electron chi connectivity index (χ4n) is 2.21. The van der Waals surface area contributed by atoms with Gasteiger partial charge in [0.2, 0.25) is 5.91 Å². The molecule has 5 heteroatoms. The Kier molecular flexibility index (Phi) is 5.83.